The van der Waals surface area contributed by atoms with Crippen LogP contribution in [-0.2, 0) is 0 Å². The summed E-state index contributed by atoms with van der Waals surface area (Å²) >= 11 is 0. The van der Waals surface area contributed by atoms with E-state index < -0.39 is 0 Å². The van der Waals surface area contributed by atoms with Crippen LogP contribution in [0.25, 0.3) is 0 Å². The standard InChI is InChI=1S/C17H20N2O2/c1-12-10-14(8-9-16(12)21-4)18-17(20)13-6-5-7-15(11-13)19(2)3/h5-11H,1-4H3,(H,18,20). The summed E-state index contributed by atoms with van der Waals surface area (Å²) < 4.78 is 5.21. The topological polar surface area (TPSA) is 41.6 Å². The molecule has 0 aliphatic rings. The van der Waals surface area contributed by atoms with E-state index in [0.717, 1.165) is 22.7 Å². The Labute approximate surface area is 125 Å². The van der Waals surface area contributed by atoms with Gasteiger partial charge >= 0.3 is 0 Å². The predicted molar refractivity (Wildman–Crippen MR) is 86.5 cm³/mol. The van der Waals surface area contributed by atoms with Crippen LogP contribution in [0.15, 0.2) is 42.5 Å². The van der Waals surface area contributed by atoms with E-state index in [1.54, 1.807) is 13.2 Å². The number of nitrogens with zero attached hydrogens (tertiary/aromatic N) is 1. The second kappa shape index (κ2) is 6.31. The number of ether oxygens (including phenoxy) is 1. The Kier molecular flexibility index (Phi) is 4.48. The maximum atomic E-state index is 12.3. The van der Waals surface area contributed by atoms with E-state index in [2.05, 4.69) is 5.32 Å². The Morgan fingerprint density at radius 3 is 2.52 bits per heavy atom. The Morgan fingerprint density at radius 2 is 1.90 bits per heavy atom. The van der Waals surface area contributed by atoms with Gasteiger partial charge in [0.05, 0.1) is 7.11 Å². The van der Waals surface area contributed by atoms with E-state index in [4.69, 9.17) is 4.74 Å². The lowest BCUT2D eigenvalue weighted by Crippen LogP contribution is -2.14. The van der Waals surface area contributed by atoms with Gasteiger partial charge in [0.2, 0.25) is 0 Å². The molecule has 2 aromatic carbocycles. The highest BCUT2D eigenvalue weighted by atomic mass is 16.5. The van der Waals surface area contributed by atoms with Gasteiger partial charge in [0.1, 0.15) is 5.75 Å². The van der Waals surface area contributed by atoms with Crippen LogP contribution >= 0.6 is 0 Å². The molecule has 0 atom stereocenters. The maximum absolute atomic E-state index is 12.3. The number of hydrogen-bond acceptors (Lipinski definition) is 3. The number of carbonyl (C=O) groups excluding carboxylic acids is 1. The van der Waals surface area contributed by atoms with Gasteiger partial charge in [-0.1, -0.05) is 6.07 Å². The molecule has 4 heteroatoms. The van der Waals surface area contributed by atoms with E-state index in [1.165, 1.54) is 0 Å². The number of rotatable bonds is 4. The van der Waals surface area contributed by atoms with E-state index in [9.17, 15) is 4.79 Å². The van der Waals surface area contributed by atoms with Crippen molar-refractivity contribution >= 4 is 17.3 Å². The highest BCUT2D eigenvalue weighted by Crippen LogP contribution is 2.22. The van der Waals surface area contributed by atoms with Crippen molar-refractivity contribution in [3.63, 3.8) is 0 Å². The molecule has 1 amide bonds. The van der Waals surface area contributed by atoms with Gasteiger partial charge in [-0.15, -0.1) is 0 Å². The highest BCUT2D eigenvalue weighted by Gasteiger charge is 2.08. The van der Waals surface area contributed by atoms with Gasteiger partial charge in [-0.2, -0.15) is 0 Å². The minimum atomic E-state index is -0.122. The first kappa shape index (κ1) is 14.9. The zero-order valence-corrected chi connectivity index (χ0v) is 12.8. The second-order valence-electron chi connectivity index (χ2n) is 5.08. The molecule has 0 fully saturated rings. The van der Waals surface area contributed by atoms with Crippen molar-refractivity contribution < 1.29 is 9.53 Å². The molecule has 0 unspecified atom stereocenters. The van der Waals surface area contributed by atoms with Crippen LogP contribution in [0.3, 0.4) is 0 Å². The smallest absolute Gasteiger partial charge is 0.255 e. The molecule has 0 aliphatic heterocycles. The van der Waals surface area contributed by atoms with E-state index in [-0.39, 0.29) is 5.91 Å². The summed E-state index contributed by atoms with van der Waals surface area (Å²) in [5.41, 5.74) is 3.37. The van der Waals surface area contributed by atoms with Gasteiger partial charge in [-0.05, 0) is 48.9 Å². The third-order valence-corrected chi connectivity index (χ3v) is 3.28. The predicted octanol–water partition coefficient (Wildman–Crippen LogP) is 3.32. The van der Waals surface area contributed by atoms with E-state index in [0.29, 0.717) is 5.56 Å². The molecule has 0 heterocycles. The summed E-state index contributed by atoms with van der Waals surface area (Å²) in [5.74, 6) is 0.686. The van der Waals surface area contributed by atoms with Crippen molar-refractivity contribution in [3.05, 3.63) is 53.6 Å². The number of amides is 1. The number of methoxy groups -OCH3 is 1. The molecule has 0 aliphatic carbocycles. The second-order valence-corrected chi connectivity index (χ2v) is 5.08. The summed E-state index contributed by atoms with van der Waals surface area (Å²) in [5, 5.41) is 2.90. The third-order valence-electron chi connectivity index (χ3n) is 3.28. The normalized spacial score (nSPS) is 10.1. The maximum Gasteiger partial charge on any atom is 0.255 e. The Bertz CT molecular complexity index is 651. The van der Waals surface area contributed by atoms with E-state index in [1.807, 2.05) is 62.3 Å². The van der Waals surface area contributed by atoms with Crippen LogP contribution in [0.5, 0.6) is 5.75 Å². The van der Waals surface area contributed by atoms with Gasteiger partial charge in [0.15, 0.2) is 0 Å². The SMILES string of the molecule is COc1ccc(NC(=O)c2cccc(N(C)C)c2)cc1C. The van der Waals surface area contributed by atoms with Crippen molar-refractivity contribution in [2.24, 2.45) is 0 Å². The van der Waals surface area contributed by atoms with Crippen molar-refractivity contribution in [2.45, 2.75) is 6.92 Å². The number of benzene rings is 2. The van der Waals surface area contributed by atoms with Crippen molar-refractivity contribution in [3.8, 4) is 5.75 Å². The zero-order valence-electron chi connectivity index (χ0n) is 12.8. The molecule has 2 rings (SSSR count). The highest BCUT2D eigenvalue weighted by molar-refractivity contribution is 6.04. The lowest BCUT2D eigenvalue weighted by Gasteiger charge is -2.14. The molecule has 0 saturated heterocycles. The third kappa shape index (κ3) is 3.54. The number of carbonyl (C=O) groups is 1. The fourth-order valence-corrected chi connectivity index (χ4v) is 2.08. The number of anilines is 2. The summed E-state index contributed by atoms with van der Waals surface area (Å²) in [6.07, 6.45) is 0. The Morgan fingerprint density at radius 1 is 1.14 bits per heavy atom. The first-order valence-corrected chi connectivity index (χ1v) is 6.74. The Hall–Kier alpha value is -2.49. The van der Waals surface area contributed by atoms with Gasteiger partial charge in [0, 0.05) is 31.0 Å². The van der Waals surface area contributed by atoms with Gasteiger partial charge in [0.25, 0.3) is 5.91 Å². The summed E-state index contributed by atoms with van der Waals surface area (Å²) in [6.45, 7) is 1.95. The number of nitrogens with one attached hydrogen (secondary N) is 1. The van der Waals surface area contributed by atoms with E-state index >= 15 is 0 Å². The molecule has 0 radical (unpaired) electrons. The van der Waals surface area contributed by atoms with Crippen molar-refractivity contribution in [2.75, 3.05) is 31.4 Å². The van der Waals surface area contributed by atoms with Gasteiger partial charge in [-0.25, -0.2) is 0 Å². The largest absolute Gasteiger partial charge is 0.496 e. The van der Waals surface area contributed by atoms with Crippen LogP contribution in [0.1, 0.15) is 15.9 Å². The fourth-order valence-electron chi connectivity index (χ4n) is 2.08. The summed E-state index contributed by atoms with van der Waals surface area (Å²) in [4.78, 5) is 14.3. The monoisotopic (exact) mass is 284 g/mol. The minimum Gasteiger partial charge on any atom is -0.496 e. The molecule has 0 aromatic heterocycles. The van der Waals surface area contributed by atoms with Crippen LogP contribution < -0.4 is 15.0 Å². The first-order chi connectivity index (χ1) is 10.0. The van der Waals surface area contributed by atoms with Crippen molar-refractivity contribution in [1.82, 2.24) is 0 Å². The van der Waals surface area contributed by atoms with Crippen LogP contribution in [0.2, 0.25) is 0 Å². The van der Waals surface area contributed by atoms with Gasteiger partial charge < -0.3 is 15.0 Å². The molecule has 110 valence electrons. The molecule has 4 nitrogen and oxygen atoms in total. The average Bonchev–Trinajstić information content (AvgIpc) is 2.47. The molecule has 0 bridgehead atoms. The molecule has 21 heavy (non-hydrogen) atoms. The fraction of sp³-hybridized carbons (Fsp3) is 0.235. The molecule has 1 N–H and O–H groups in total. The molecular formula is C17H20N2O2. The molecule has 0 saturated carbocycles. The lowest BCUT2D eigenvalue weighted by molar-refractivity contribution is 0.102. The van der Waals surface area contributed by atoms with Gasteiger partial charge in [-0.3, -0.25) is 4.79 Å². The van der Waals surface area contributed by atoms with Crippen LogP contribution in [-0.4, -0.2) is 27.1 Å². The number of hydrogen-bond donors (Lipinski definition) is 1. The zero-order chi connectivity index (χ0) is 15.4. The molecule has 0 spiro atoms. The van der Waals surface area contributed by atoms with Crippen molar-refractivity contribution in [1.29, 1.82) is 0 Å². The number of aryl methyl sites for hydroxylation is 1. The molecular weight excluding hydrogens is 264 g/mol. The summed E-state index contributed by atoms with van der Waals surface area (Å²) in [6, 6.07) is 13.1. The Balaban J connectivity index is 2.18. The average molecular weight is 284 g/mol. The van der Waals surface area contributed by atoms with Crippen LogP contribution in [0, 0.1) is 6.92 Å². The first-order valence-electron chi connectivity index (χ1n) is 6.74. The quantitative estimate of drug-likeness (QED) is 0.936. The minimum absolute atomic E-state index is 0.122. The molecule has 2 aromatic rings. The lowest BCUT2D eigenvalue weighted by atomic mass is 10.1. The van der Waals surface area contributed by atoms with Crippen LogP contribution in [0.4, 0.5) is 11.4 Å². The summed E-state index contributed by atoms with van der Waals surface area (Å²) in [7, 11) is 5.53.